The first-order chi connectivity index (χ1) is 13.8. The summed E-state index contributed by atoms with van der Waals surface area (Å²) in [5, 5.41) is 25.5. The Bertz CT molecular complexity index is 644. The second-order valence-electron chi connectivity index (χ2n) is 7.28. The van der Waals surface area contributed by atoms with Crippen molar-refractivity contribution < 1.29 is 34.2 Å². The summed E-state index contributed by atoms with van der Waals surface area (Å²) in [5.74, 6) is -4.78. The van der Waals surface area contributed by atoms with Gasteiger partial charge in [-0.15, -0.1) is 0 Å². The molecule has 4 amide bonds. The molecule has 0 saturated carbocycles. The highest BCUT2D eigenvalue weighted by atomic mass is 32.1. The predicted octanol–water partition coefficient (Wildman–Crippen LogP) is -2.92. The first-order valence-corrected chi connectivity index (χ1v) is 9.90. The molecule has 0 rings (SSSR count). The topological polar surface area (TPSA) is 214 Å². The standard InChI is InChI=1S/C17H31N5O7S/c1-7(2)4-10(20-14(25)9(18)5-12(19)24)15(26)21-11(6-30)16(27)22-13(8(3)23)17(28)29/h7-11,13,23,30H,4-6,18H2,1-3H3,(H2,19,24)(H,20,25)(H,21,26)(H,22,27)(H,28,29). The quantitative estimate of drug-likeness (QED) is 0.136. The SMILES string of the molecule is CC(C)CC(NC(=O)C(N)CC(N)=O)C(=O)NC(CS)C(=O)NC(C(=O)O)C(C)O. The molecule has 9 N–H and O–H groups in total. The minimum atomic E-state index is -1.57. The zero-order chi connectivity index (χ0) is 23.6. The lowest BCUT2D eigenvalue weighted by atomic mass is 10.0. The molecule has 0 saturated heterocycles. The van der Waals surface area contributed by atoms with Gasteiger partial charge in [0.05, 0.1) is 18.6 Å². The van der Waals surface area contributed by atoms with Crippen LogP contribution in [0.4, 0.5) is 0 Å². The van der Waals surface area contributed by atoms with E-state index in [1.807, 2.05) is 0 Å². The molecule has 5 unspecified atom stereocenters. The third-order valence-corrected chi connectivity index (χ3v) is 4.32. The average Bonchev–Trinajstić information content (AvgIpc) is 2.61. The minimum absolute atomic E-state index is 0.0247. The largest absolute Gasteiger partial charge is 0.480 e. The molecule has 0 heterocycles. The molecule has 0 aromatic carbocycles. The number of nitrogens with one attached hydrogen (secondary N) is 3. The number of primary amides is 1. The number of thiol groups is 1. The van der Waals surface area contributed by atoms with Crippen LogP contribution in [0.5, 0.6) is 0 Å². The zero-order valence-electron chi connectivity index (χ0n) is 17.1. The maximum absolute atomic E-state index is 12.6. The van der Waals surface area contributed by atoms with Crippen molar-refractivity contribution in [3.05, 3.63) is 0 Å². The van der Waals surface area contributed by atoms with E-state index in [2.05, 4.69) is 28.6 Å². The van der Waals surface area contributed by atoms with Crippen LogP contribution in [0.2, 0.25) is 0 Å². The first-order valence-electron chi connectivity index (χ1n) is 9.26. The average molecular weight is 450 g/mol. The van der Waals surface area contributed by atoms with Crippen LogP contribution in [-0.2, 0) is 24.0 Å². The fraction of sp³-hybridized carbons (Fsp3) is 0.706. The molecule has 30 heavy (non-hydrogen) atoms. The Morgan fingerprint density at radius 3 is 1.83 bits per heavy atom. The van der Waals surface area contributed by atoms with Gasteiger partial charge in [-0.25, -0.2) is 4.79 Å². The molecular formula is C17H31N5O7S. The predicted molar refractivity (Wildman–Crippen MR) is 110 cm³/mol. The minimum Gasteiger partial charge on any atom is -0.480 e. The lowest BCUT2D eigenvalue weighted by Crippen LogP contribution is -2.59. The van der Waals surface area contributed by atoms with E-state index >= 15 is 0 Å². The van der Waals surface area contributed by atoms with Crippen molar-refractivity contribution in [3.63, 3.8) is 0 Å². The molecule has 0 radical (unpaired) electrons. The Balaban J connectivity index is 5.25. The van der Waals surface area contributed by atoms with Gasteiger partial charge in [-0.2, -0.15) is 12.6 Å². The van der Waals surface area contributed by atoms with Crippen molar-refractivity contribution in [1.29, 1.82) is 0 Å². The number of carboxylic acid groups (broad SMARTS) is 1. The van der Waals surface area contributed by atoms with Crippen LogP contribution in [-0.4, -0.2) is 75.8 Å². The van der Waals surface area contributed by atoms with E-state index in [4.69, 9.17) is 16.6 Å². The maximum Gasteiger partial charge on any atom is 0.328 e. The Morgan fingerprint density at radius 1 is 0.933 bits per heavy atom. The summed E-state index contributed by atoms with van der Waals surface area (Å²) in [6.45, 7) is 4.80. The molecule has 13 heteroatoms. The molecule has 0 aliphatic heterocycles. The number of aliphatic carboxylic acids is 1. The molecule has 0 aliphatic rings. The summed E-state index contributed by atoms with van der Waals surface area (Å²) >= 11 is 3.99. The van der Waals surface area contributed by atoms with Crippen LogP contribution in [0.3, 0.4) is 0 Å². The van der Waals surface area contributed by atoms with Gasteiger partial charge in [0.25, 0.3) is 0 Å². The van der Waals surface area contributed by atoms with Crippen LogP contribution in [0.15, 0.2) is 0 Å². The highest BCUT2D eigenvalue weighted by Gasteiger charge is 2.31. The van der Waals surface area contributed by atoms with E-state index in [0.29, 0.717) is 0 Å². The Labute approximate surface area is 179 Å². The van der Waals surface area contributed by atoms with Crippen molar-refractivity contribution in [3.8, 4) is 0 Å². The molecule has 5 atom stereocenters. The van der Waals surface area contributed by atoms with Gasteiger partial charge in [0.15, 0.2) is 6.04 Å². The van der Waals surface area contributed by atoms with E-state index in [9.17, 15) is 29.1 Å². The highest BCUT2D eigenvalue weighted by Crippen LogP contribution is 2.07. The number of nitrogens with two attached hydrogens (primary N) is 2. The van der Waals surface area contributed by atoms with Crippen LogP contribution >= 0.6 is 12.6 Å². The van der Waals surface area contributed by atoms with Gasteiger partial charge in [0.2, 0.25) is 23.6 Å². The normalized spacial score (nSPS) is 16.0. The number of hydrogen-bond donors (Lipinski definition) is 8. The van der Waals surface area contributed by atoms with E-state index in [-0.39, 0.29) is 18.1 Å². The number of carboxylic acids is 1. The third-order valence-electron chi connectivity index (χ3n) is 3.96. The summed E-state index contributed by atoms with van der Waals surface area (Å²) < 4.78 is 0. The number of aliphatic hydroxyl groups is 1. The highest BCUT2D eigenvalue weighted by molar-refractivity contribution is 7.80. The fourth-order valence-corrected chi connectivity index (χ4v) is 2.66. The number of rotatable bonds is 13. The van der Waals surface area contributed by atoms with Crippen molar-refractivity contribution in [2.75, 3.05) is 5.75 Å². The molecule has 0 aromatic rings. The van der Waals surface area contributed by atoms with Crippen molar-refractivity contribution in [2.45, 2.75) is 63.9 Å². The number of carbonyl (C=O) groups excluding carboxylic acids is 4. The smallest absolute Gasteiger partial charge is 0.328 e. The van der Waals surface area contributed by atoms with Crippen molar-refractivity contribution >= 4 is 42.2 Å². The summed E-state index contributed by atoms with van der Waals surface area (Å²) in [4.78, 5) is 59.2. The molecule has 172 valence electrons. The maximum atomic E-state index is 12.6. The molecule has 0 aliphatic carbocycles. The lowest BCUT2D eigenvalue weighted by Gasteiger charge is -2.25. The lowest BCUT2D eigenvalue weighted by molar-refractivity contribution is -0.145. The molecular weight excluding hydrogens is 418 g/mol. The molecule has 0 bridgehead atoms. The third kappa shape index (κ3) is 9.89. The van der Waals surface area contributed by atoms with Gasteiger partial charge >= 0.3 is 5.97 Å². The summed E-state index contributed by atoms with van der Waals surface area (Å²) in [7, 11) is 0. The second kappa shape index (κ2) is 13.0. The number of amides is 4. The van der Waals surface area contributed by atoms with Gasteiger partial charge < -0.3 is 37.6 Å². The summed E-state index contributed by atoms with van der Waals surface area (Å²) in [6, 6.07) is -5.11. The van der Waals surface area contributed by atoms with Crippen LogP contribution in [0, 0.1) is 5.92 Å². The number of aliphatic hydroxyl groups excluding tert-OH is 1. The van der Waals surface area contributed by atoms with Crippen molar-refractivity contribution in [2.24, 2.45) is 17.4 Å². The van der Waals surface area contributed by atoms with E-state index < -0.39 is 66.3 Å². The second-order valence-corrected chi connectivity index (χ2v) is 7.64. The van der Waals surface area contributed by atoms with Crippen LogP contribution < -0.4 is 27.4 Å². The number of carbonyl (C=O) groups is 5. The Kier molecular flexibility index (Phi) is 12.0. The monoisotopic (exact) mass is 449 g/mol. The van der Waals surface area contributed by atoms with E-state index in [0.717, 1.165) is 0 Å². The van der Waals surface area contributed by atoms with E-state index in [1.54, 1.807) is 13.8 Å². The van der Waals surface area contributed by atoms with Gasteiger partial charge in [-0.05, 0) is 19.3 Å². The van der Waals surface area contributed by atoms with Gasteiger partial charge in [0.1, 0.15) is 12.1 Å². The number of hydrogen-bond acceptors (Lipinski definition) is 8. The first kappa shape index (κ1) is 27.6. The van der Waals surface area contributed by atoms with Crippen LogP contribution in [0.25, 0.3) is 0 Å². The zero-order valence-corrected chi connectivity index (χ0v) is 18.0. The van der Waals surface area contributed by atoms with Gasteiger partial charge in [-0.3, -0.25) is 19.2 Å². The van der Waals surface area contributed by atoms with E-state index in [1.165, 1.54) is 6.92 Å². The van der Waals surface area contributed by atoms with Gasteiger partial charge in [-0.1, -0.05) is 13.8 Å². The Hall–Kier alpha value is -2.38. The molecule has 0 aromatic heterocycles. The Morgan fingerprint density at radius 2 is 1.43 bits per heavy atom. The van der Waals surface area contributed by atoms with Gasteiger partial charge in [0, 0.05) is 5.75 Å². The van der Waals surface area contributed by atoms with Crippen LogP contribution in [0.1, 0.15) is 33.6 Å². The molecule has 0 spiro atoms. The molecule has 12 nitrogen and oxygen atoms in total. The summed E-state index contributed by atoms with van der Waals surface area (Å²) in [6.07, 6.45) is -1.57. The fourth-order valence-electron chi connectivity index (χ4n) is 2.40. The summed E-state index contributed by atoms with van der Waals surface area (Å²) in [5.41, 5.74) is 10.6. The van der Waals surface area contributed by atoms with Crippen molar-refractivity contribution in [1.82, 2.24) is 16.0 Å². The molecule has 0 fully saturated rings.